The second-order valence-electron chi connectivity index (χ2n) is 6.83. The minimum absolute atomic E-state index is 0.0684. The van der Waals surface area contributed by atoms with Crippen LogP contribution in [0.4, 0.5) is 0 Å². The molecule has 2 N–H and O–H groups in total. The van der Waals surface area contributed by atoms with Gasteiger partial charge in [0.1, 0.15) is 6.04 Å². The number of carbonyl (C=O) groups excluding carboxylic acids is 2. The lowest BCUT2D eigenvalue weighted by molar-refractivity contribution is -0.126. The first-order chi connectivity index (χ1) is 14.5. The number of benzene rings is 2. The van der Waals surface area contributed by atoms with Crippen LogP contribution in [0.1, 0.15) is 31.0 Å². The van der Waals surface area contributed by atoms with Crippen molar-refractivity contribution >= 4 is 11.8 Å². The van der Waals surface area contributed by atoms with Crippen LogP contribution in [0.3, 0.4) is 0 Å². The first-order valence-electron chi connectivity index (χ1n) is 10.1. The Labute approximate surface area is 178 Å². The molecule has 162 valence electrons. The lowest BCUT2D eigenvalue weighted by Gasteiger charge is -2.26. The fourth-order valence-electron chi connectivity index (χ4n) is 3.04. The van der Waals surface area contributed by atoms with Crippen LogP contribution in [-0.4, -0.2) is 50.6 Å². The molecule has 2 amide bonds. The topological polar surface area (TPSA) is 79.9 Å². The van der Waals surface area contributed by atoms with Crippen LogP contribution in [0.15, 0.2) is 48.5 Å². The third-order valence-electron chi connectivity index (χ3n) is 4.73. The maximum Gasteiger partial charge on any atom is 0.257 e. The normalized spacial score (nSPS) is 11.6. The zero-order valence-corrected chi connectivity index (χ0v) is 18.1. The number of hydrogen-bond acceptors (Lipinski definition) is 5. The van der Waals surface area contributed by atoms with Crippen molar-refractivity contribution in [2.75, 3.05) is 33.9 Å². The monoisotopic (exact) mass is 413 g/mol. The molecular weight excluding hydrogens is 382 g/mol. The summed E-state index contributed by atoms with van der Waals surface area (Å²) in [5.74, 6) is 0.729. The van der Waals surface area contributed by atoms with Gasteiger partial charge in [-0.25, -0.2) is 0 Å². The Balaban J connectivity index is 2.04. The van der Waals surface area contributed by atoms with Crippen molar-refractivity contribution in [2.24, 2.45) is 0 Å². The largest absolute Gasteiger partial charge is 0.493 e. The molecule has 0 heterocycles. The van der Waals surface area contributed by atoms with E-state index in [4.69, 9.17) is 9.47 Å². The molecule has 30 heavy (non-hydrogen) atoms. The number of hydrogen-bond donors (Lipinski definition) is 2. The minimum atomic E-state index is -0.363. The highest BCUT2D eigenvalue weighted by Gasteiger charge is 2.23. The van der Waals surface area contributed by atoms with Crippen molar-refractivity contribution in [1.29, 1.82) is 0 Å². The van der Waals surface area contributed by atoms with Crippen molar-refractivity contribution in [3.63, 3.8) is 0 Å². The summed E-state index contributed by atoms with van der Waals surface area (Å²) >= 11 is 0. The molecule has 1 unspecified atom stereocenters. The van der Waals surface area contributed by atoms with Crippen LogP contribution in [-0.2, 0) is 16.1 Å². The van der Waals surface area contributed by atoms with Gasteiger partial charge >= 0.3 is 0 Å². The maximum atomic E-state index is 12.9. The summed E-state index contributed by atoms with van der Waals surface area (Å²) in [6.07, 6.45) is 0. The standard InChI is InChI=1S/C23H31N3O4/c1-5-24-21(27)16-30-19-13-12-17(14-20(19)29-4)15-25-23(28)22(26(3)6-2)18-10-8-7-9-11-18/h7-14,22H,5-6,15-16H2,1-4H3,(H,24,27)(H,25,28). The van der Waals surface area contributed by atoms with Crippen LogP contribution < -0.4 is 20.1 Å². The quantitative estimate of drug-likeness (QED) is 0.592. The van der Waals surface area contributed by atoms with E-state index in [-0.39, 0.29) is 24.5 Å². The molecule has 0 aliphatic carbocycles. The Kier molecular flexibility index (Phi) is 9.15. The number of likely N-dealkylation sites (N-methyl/N-ethyl adjacent to an activating group) is 2. The summed E-state index contributed by atoms with van der Waals surface area (Å²) in [6.45, 7) is 5.44. The second-order valence-corrected chi connectivity index (χ2v) is 6.83. The Hall–Kier alpha value is -3.06. The lowest BCUT2D eigenvalue weighted by Crippen LogP contribution is -2.38. The summed E-state index contributed by atoms with van der Waals surface area (Å²) in [4.78, 5) is 26.5. The molecule has 0 radical (unpaired) electrons. The second kappa shape index (κ2) is 11.8. The molecule has 0 saturated carbocycles. The summed E-state index contributed by atoms with van der Waals surface area (Å²) < 4.78 is 10.9. The van der Waals surface area contributed by atoms with Gasteiger partial charge in [0.15, 0.2) is 18.1 Å². The van der Waals surface area contributed by atoms with Crippen LogP contribution >= 0.6 is 0 Å². The van der Waals surface area contributed by atoms with Gasteiger partial charge in [-0.3, -0.25) is 14.5 Å². The van der Waals surface area contributed by atoms with Gasteiger partial charge in [-0.1, -0.05) is 43.3 Å². The number of amides is 2. The van der Waals surface area contributed by atoms with Crippen molar-refractivity contribution in [1.82, 2.24) is 15.5 Å². The van der Waals surface area contributed by atoms with Crippen LogP contribution in [0, 0.1) is 0 Å². The average Bonchev–Trinajstić information content (AvgIpc) is 2.77. The summed E-state index contributed by atoms with van der Waals surface area (Å²) in [6, 6.07) is 14.7. The van der Waals surface area contributed by atoms with E-state index in [9.17, 15) is 9.59 Å². The first-order valence-corrected chi connectivity index (χ1v) is 10.1. The van der Waals surface area contributed by atoms with Gasteiger partial charge in [0, 0.05) is 13.1 Å². The van der Waals surface area contributed by atoms with E-state index in [0.717, 1.165) is 17.7 Å². The Morgan fingerprint density at radius 3 is 2.40 bits per heavy atom. The highest BCUT2D eigenvalue weighted by Crippen LogP contribution is 2.28. The van der Waals surface area contributed by atoms with Gasteiger partial charge in [-0.05, 0) is 43.8 Å². The lowest BCUT2D eigenvalue weighted by atomic mass is 10.0. The molecule has 0 aromatic heterocycles. The van der Waals surface area contributed by atoms with Gasteiger partial charge in [0.2, 0.25) is 5.91 Å². The van der Waals surface area contributed by atoms with Crippen molar-refractivity contribution in [2.45, 2.75) is 26.4 Å². The smallest absolute Gasteiger partial charge is 0.257 e. The third kappa shape index (κ3) is 6.49. The van der Waals surface area contributed by atoms with Gasteiger partial charge in [0.05, 0.1) is 7.11 Å². The van der Waals surface area contributed by atoms with E-state index in [1.54, 1.807) is 12.1 Å². The molecule has 0 fully saturated rings. The predicted octanol–water partition coefficient (Wildman–Crippen LogP) is 2.52. The predicted molar refractivity (Wildman–Crippen MR) is 117 cm³/mol. The van der Waals surface area contributed by atoms with E-state index in [0.29, 0.717) is 24.6 Å². The number of nitrogens with one attached hydrogen (secondary N) is 2. The van der Waals surface area contributed by atoms with E-state index in [1.807, 2.05) is 62.2 Å². The molecule has 7 nitrogen and oxygen atoms in total. The van der Waals surface area contributed by atoms with Crippen molar-refractivity contribution in [3.8, 4) is 11.5 Å². The Morgan fingerprint density at radius 1 is 1.03 bits per heavy atom. The zero-order valence-electron chi connectivity index (χ0n) is 18.1. The SMILES string of the molecule is CCNC(=O)COc1ccc(CNC(=O)C(c2ccccc2)N(C)CC)cc1OC. The average molecular weight is 414 g/mol. The summed E-state index contributed by atoms with van der Waals surface area (Å²) in [5, 5.41) is 5.69. The van der Waals surface area contributed by atoms with Gasteiger partial charge in [-0.2, -0.15) is 0 Å². The van der Waals surface area contributed by atoms with Gasteiger partial charge in [-0.15, -0.1) is 0 Å². The molecule has 1 atom stereocenters. The van der Waals surface area contributed by atoms with E-state index < -0.39 is 0 Å². The fourth-order valence-corrected chi connectivity index (χ4v) is 3.04. The fraction of sp³-hybridized carbons (Fsp3) is 0.391. The molecular formula is C23H31N3O4. The molecule has 2 aromatic carbocycles. The zero-order chi connectivity index (χ0) is 21.9. The van der Waals surface area contributed by atoms with Crippen LogP contribution in [0.5, 0.6) is 11.5 Å². The molecule has 0 aliphatic heterocycles. The minimum Gasteiger partial charge on any atom is -0.493 e. The molecule has 2 rings (SSSR count). The Bertz CT molecular complexity index is 826. The Morgan fingerprint density at radius 2 is 1.77 bits per heavy atom. The maximum absolute atomic E-state index is 12.9. The van der Waals surface area contributed by atoms with Crippen LogP contribution in [0.2, 0.25) is 0 Å². The van der Waals surface area contributed by atoms with E-state index in [1.165, 1.54) is 7.11 Å². The van der Waals surface area contributed by atoms with Gasteiger partial charge in [0.25, 0.3) is 5.91 Å². The molecule has 0 bridgehead atoms. The highest BCUT2D eigenvalue weighted by atomic mass is 16.5. The molecule has 0 aliphatic rings. The van der Waals surface area contributed by atoms with Crippen molar-refractivity contribution in [3.05, 3.63) is 59.7 Å². The van der Waals surface area contributed by atoms with E-state index in [2.05, 4.69) is 10.6 Å². The van der Waals surface area contributed by atoms with Crippen molar-refractivity contribution < 1.29 is 19.1 Å². The van der Waals surface area contributed by atoms with E-state index >= 15 is 0 Å². The molecule has 2 aromatic rings. The number of nitrogens with zero attached hydrogens (tertiary/aromatic N) is 1. The first kappa shape index (κ1) is 23.2. The highest BCUT2D eigenvalue weighted by molar-refractivity contribution is 5.83. The van der Waals surface area contributed by atoms with Gasteiger partial charge < -0.3 is 20.1 Å². The summed E-state index contributed by atoms with van der Waals surface area (Å²) in [5.41, 5.74) is 1.82. The third-order valence-corrected chi connectivity index (χ3v) is 4.73. The molecule has 7 heteroatoms. The number of rotatable bonds is 11. The molecule has 0 saturated heterocycles. The number of ether oxygens (including phenoxy) is 2. The molecule has 0 spiro atoms. The number of carbonyl (C=O) groups is 2. The van der Waals surface area contributed by atoms with Crippen LogP contribution in [0.25, 0.3) is 0 Å². The summed E-state index contributed by atoms with van der Waals surface area (Å²) in [7, 11) is 3.47. The number of methoxy groups -OCH3 is 1.